The molecule has 0 atom stereocenters. The van der Waals surface area contributed by atoms with Gasteiger partial charge in [0.05, 0.1) is 11.5 Å². The molecule has 0 saturated carbocycles. The summed E-state index contributed by atoms with van der Waals surface area (Å²) in [6.07, 6.45) is 0. The van der Waals surface area contributed by atoms with Crippen molar-refractivity contribution >= 4 is 10.1 Å². The first kappa shape index (κ1) is 12.2. The molecule has 0 amide bonds. The van der Waals surface area contributed by atoms with Gasteiger partial charge < -0.3 is 5.32 Å². The van der Waals surface area contributed by atoms with Gasteiger partial charge in [0.1, 0.15) is 0 Å². The van der Waals surface area contributed by atoms with Crippen molar-refractivity contribution in [1.82, 2.24) is 5.32 Å². The Kier molecular flexibility index (Phi) is 4.26. The smallest absolute Gasteiger partial charge is 0.297 e. The minimum atomic E-state index is -3.59. The van der Waals surface area contributed by atoms with Crippen molar-refractivity contribution in [3.8, 4) is 0 Å². The van der Waals surface area contributed by atoms with Crippen molar-refractivity contribution in [2.75, 3.05) is 20.2 Å². The molecule has 0 unspecified atom stereocenters. The summed E-state index contributed by atoms with van der Waals surface area (Å²) < 4.78 is 27.9. The van der Waals surface area contributed by atoms with Gasteiger partial charge in [-0.2, -0.15) is 8.42 Å². The molecular weight excluding hydrogens is 214 g/mol. The number of hydrogen-bond acceptors (Lipinski definition) is 4. The molecule has 0 fully saturated rings. The zero-order valence-corrected chi connectivity index (χ0v) is 9.67. The maximum absolute atomic E-state index is 11.6. The summed E-state index contributed by atoms with van der Waals surface area (Å²) >= 11 is 0. The molecular formula is C10H15NO3S. The van der Waals surface area contributed by atoms with E-state index in [2.05, 4.69) is 5.32 Å². The van der Waals surface area contributed by atoms with Gasteiger partial charge in [0.25, 0.3) is 10.1 Å². The summed E-state index contributed by atoms with van der Waals surface area (Å²) in [5.74, 6) is 0. The summed E-state index contributed by atoms with van der Waals surface area (Å²) in [4.78, 5) is 0.198. The van der Waals surface area contributed by atoms with E-state index >= 15 is 0 Å². The van der Waals surface area contributed by atoms with Gasteiger partial charge >= 0.3 is 0 Å². The first-order valence-electron chi connectivity index (χ1n) is 4.67. The molecule has 0 aromatic heterocycles. The van der Waals surface area contributed by atoms with E-state index < -0.39 is 10.1 Å². The van der Waals surface area contributed by atoms with E-state index in [4.69, 9.17) is 4.18 Å². The molecule has 15 heavy (non-hydrogen) atoms. The summed E-state index contributed by atoms with van der Waals surface area (Å²) in [5.41, 5.74) is 1.02. The SMILES string of the molecule is CNCCOS(=O)(=O)c1ccc(C)cc1. The van der Waals surface area contributed by atoms with Crippen LogP contribution in [-0.2, 0) is 14.3 Å². The molecule has 0 saturated heterocycles. The van der Waals surface area contributed by atoms with Crippen LogP contribution in [0.2, 0.25) is 0 Å². The highest BCUT2D eigenvalue weighted by molar-refractivity contribution is 7.86. The maximum Gasteiger partial charge on any atom is 0.297 e. The highest BCUT2D eigenvalue weighted by Crippen LogP contribution is 2.12. The fourth-order valence-corrected chi connectivity index (χ4v) is 1.93. The molecule has 5 heteroatoms. The number of hydrogen-bond donors (Lipinski definition) is 1. The van der Waals surface area contributed by atoms with E-state index in [0.717, 1.165) is 5.56 Å². The zero-order valence-electron chi connectivity index (χ0n) is 8.86. The third-order valence-electron chi connectivity index (χ3n) is 1.90. The number of benzene rings is 1. The highest BCUT2D eigenvalue weighted by atomic mass is 32.2. The number of aryl methyl sites for hydroxylation is 1. The van der Waals surface area contributed by atoms with Crippen LogP contribution >= 0.6 is 0 Å². The topological polar surface area (TPSA) is 55.4 Å². The van der Waals surface area contributed by atoms with Crippen molar-refractivity contribution in [3.63, 3.8) is 0 Å². The molecule has 1 N–H and O–H groups in total. The van der Waals surface area contributed by atoms with E-state index in [0.29, 0.717) is 6.54 Å². The van der Waals surface area contributed by atoms with Crippen molar-refractivity contribution in [2.24, 2.45) is 0 Å². The normalized spacial score (nSPS) is 11.6. The Morgan fingerprint density at radius 2 is 1.87 bits per heavy atom. The minimum absolute atomic E-state index is 0.146. The Bertz CT molecular complexity index is 397. The second-order valence-electron chi connectivity index (χ2n) is 3.19. The van der Waals surface area contributed by atoms with Gasteiger partial charge in [-0.15, -0.1) is 0 Å². The van der Waals surface area contributed by atoms with Gasteiger partial charge in [-0.05, 0) is 26.1 Å². The van der Waals surface area contributed by atoms with E-state index in [-0.39, 0.29) is 11.5 Å². The van der Waals surface area contributed by atoms with E-state index in [9.17, 15) is 8.42 Å². The van der Waals surface area contributed by atoms with Crippen molar-refractivity contribution in [2.45, 2.75) is 11.8 Å². The van der Waals surface area contributed by atoms with Crippen LogP contribution in [0.5, 0.6) is 0 Å². The number of likely N-dealkylation sites (N-methyl/N-ethyl adjacent to an activating group) is 1. The van der Waals surface area contributed by atoms with Gasteiger partial charge in [0, 0.05) is 6.54 Å². The van der Waals surface area contributed by atoms with Crippen LogP contribution in [-0.4, -0.2) is 28.6 Å². The minimum Gasteiger partial charge on any atom is -0.317 e. The Labute approximate surface area is 90.4 Å². The Balaban J connectivity index is 2.73. The molecule has 1 aromatic rings. The quantitative estimate of drug-likeness (QED) is 0.602. The van der Waals surface area contributed by atoms with Crippen molar-refractivity contribution in [3.05, 3.63) is 29.8 Å². The summed E-state index contributed by atoms with van der Waals surface area (Å²) in [6, 6.07) is 6.58. The Hall–Kier alpha value is -0.910. The summed E-state index contributed by atoms with van der Waals surface area (Å²) in [6.45, 7) is 2.55. The molecule has 4 nitrogen and oxygen atoms in total. The molecule has 0 heterocycles. The second kappa shape index (κ2) is 5.25. The first-order chi connectivity index (χ1) is 7.06. The lowest BCUT2D eigenvalue weighted by Crippen LogP contribution is -2.17. The van der Waals surface area contributed by atoms with Gasteiger partial charge in [0.2, 0.25) is 0 Å². The van der Waals surface area contributed by atoms with E-state index in [1.807, 2.05) is 6.92 Å². The van der Waals surface area contributed by atoms with Crippen LogP contribution in [0.4, 0.5) is 0 Å². The van der Waals surface area contributed by atoms with Gasteiger partial charge in [0.15, 0.2) is 0 Å². The molecule has 0 bridgehead atoms. The summed E-state index contributed by atoms with van der Waals surface area (Å²) in [5, 5.41) is 2.81. The lowest BCUT2D eigenvalue weighted by atomic mass is 10.2. The van der Waals surface area contributed by atoms with E-state index in [1.165, 1.54) is 0 Å². The highest BCUT2D eigenvalue weighted by Gasteiger charge is 2.13. The largest absolute Gasteiger partial charge is 0.317 e. The fourth-order valence-electron chi connectivity index (χ4n) is 1.03. The molecule has 1 rings (SSSR count). The van der Waals surface area contributed by atoms with Crippen molar-refractivity contribution in [1.29, 1.82) is 0 Å². The molecule has 1 aromatic carbocycles. The average Bonchev–Trinajstić information content (AvgIpc) is 2.18. The maximum atomic E-state index is 11.6. The molecule has 0 aliphatic heterocycles. The molecule has 0 aliphatic carbocycles. The van der Waals surface area contributed by atoms with Crippen LogP contribution in [0.1, 0.15) is 5.56 Å². The second-order valence-corrected chi connectivity index (χ2v) is 4.81. The van der Waals surface area contributed by atoms with Gasteiger partial charge in [-0.25, -0.2) is 0 Å². The summed E-state index contributed by atoms with van der Waals surface area (Å²) in [7, 11) is -1.85. The van der Waals surface area contributed by atoms with E-state index in [1.54, 1.807) is 31.3 Å². The predicted molar refractivity (Wildman–Crippen MR) is 58.2 cm³/mol. The van der Waals surface area contributed by atoms with Crippen LogP contribution < -0.4 is 5.32 Å². The lowest BCUT2D eigenvalue weighted by Gasteiger charge is -2.05. The first-order valence-corrected chi connectivity index (χ1v) is 6.08. The fraction of sp³-hybridized carbons (Fsp3) is 0.400. The average molecular weight is 229 g/mol. The van der Waals surface area contributed by atoms with Crippen molar-refractivity contribution < 1.29 is 12.6 Å². The van der Waals surface area contributed by atoms with Crippen LogP contribution in [0.15, 0.2) is 29.2 Å². The number of nitrogens with one attached hydrogen (secondary N) is 1. The third kappa shape index (κ3) is 3.62. The predicted octanol–water partition coefficient (Wildman–Crippen LogP) is 0.920. The van der Waals surface area contributed by atoms with Gasteiger partial charge in [-0.3, -0.25) is 4.18 Å². The standard InChI is InChI=1S/C10H15NO3S/c1-9-3-5-10(6-4-9)15(12,13)14-8-7-11-2/h3-6,11H,7-8H2,1-2H3. The zero-order chi connectivity index (χ0) is 11.3. The lowest BCUT2D eigenvalue weighted by molar-refractivity contribution is 0.319. The molecule has 84 valence electrons. The van der Waals surface area contributed by atoms with Crippen LogP contribution in [0.25, 0.3) is 0 Å². The molecule has 0 aliphatic rings. The van der Waals surface area contributed by atoms with Crippen LogP contribution in [0, 0.1) is 6.92 Å². The molecule has 0 radical (unpaired) electrons. The Morgan fingerprint density at radius 1 is 1.27 bits per heavy atom. The monoisotopic (exact) mass is 229 g/mol. The Morgan fingerprint density at radius 3 is 2.40 bits per heavy atom. The van der Waals surface area contributed by atoms with Crippen LogP contribution in [0.3, 0.4) is 0 Å². The molecule has 0 spiro atoms. The van der Waals surface area contributed by atoms with Gasteiger partial charge in [-0.1, -0.05) is 17.7 Å². The number of rotatable bonds is 5. The third-order valence-corrected chi connectivity index (χ3v) is 3.23.